The number of benzene rings is 1. The number of nitrogens with two attached hydrogens (primary N) is 1. The summed E-state index contributed by atoms with van der Waals surface area (Å²) in [5.74, 6) is -2.78. The van der Waals surface area contributed by atoms with E-state index in [-0.39, 0.29) is 29.9 Å². The van der Waals surface area contributed by atoms with Gasteiger partial charge in [0.05, 0.1) is 19.3 Å². The van der Waals surface area contributed by atoms with Gasteiger partial charge in [-0.05, 0) is 25.5 Å². The van der Waals surface area contributed by atoms with Crippen molar-refractivity contribution in [2.24, 2.45) is 5.73 Å². The molecular formula is C14H18FNO5. The summed E-state index contributed by atoms with van der Waals surface area (Å²) in [6, 6.07) is -0.212. The molecule has 0 aliphatic rings. The fraction of sp³-hybridized carbons (Fsp3) is 0.429. The highest BCUT2D eigenvalue weighted by Crippen LogP contribution is 2.30. The summed E-state index contributed by atoms with van der Waals surface area (Å²) in [7, 11) is 1.26. The van der Waals surface area contributed by atoms with Gasteiger partial charge in [0, 0.05) is 12.0 Å². The molecule has 3 N–H and O–H groups in total. The van der Waals surface area contributed by atoms with Crippen molar-refractivity contribution in [3.05, 3.63) is 28.6 Å². The van der Waals surface area contributed by atoms with E-state index in [4.69, 9.17) is 20.3 Å². The van der Waals surface area contributed by atoms with Crippen molar-refractivity contribution >= 4 is 11.9 Å². The van der Waals surface area contributed by atoms with Crippen LogP contribution in [0.15, 0.2) is 6.07 Å². The third-order valence-corrected chi connectivity index (χ3v) is 3.06. The summed E-state index contributed by atoms with van der Waals surface area (Å²) in [5, 5.41) is 8.88. The van der Waals surface area contributed by atoms with Gasteiger partial charge < -0.3 is 20.3 Å². The Kier molecular flexibility index (Phi) is 5.66. The van der Waals surface area contributed by atoms with Crippen molar-refractivity contribution in [2.45, 2.75) is 26.3 Å². The Morgan fingerprint density at radius 2 is 2.10 bits per heavy atom. The maximum atomic E-state index is 14.0. The molecule has 0 saturated carbocycles. The molecule has 1 aromatic rings. The van der Waals surface area contributed by atoms with Crippen LogP contribution in [0.3, 0.4) is 0 Å². The predicted octanol–water partition coefficient (Wildman–Crippen LogP) is 1.27. The van der Waals surface area contributed by atoms with Crippen LogP contribution in [0.1, 0.15) is 28.4 Å². The standard InChI is InChI=1S/C14H18FNO5/c1-4-21-14(19)9-5-10(15)12(20-3)8(7(9)2)6-11(16)13(17)18/h5,11H,4,6,16H2,1-3H3,(H,17,18). The molecule has 0 aromatic heterocycles. The Morgan fingerprint density at radius 3 is 2.57 bits per heavy atom. The number of hydrogen-bond acceptors (Lipinski definition) is 5. The zero-order chi connectivity index (χ0) is 16.2. The van der Waals surface area contributed by atoms with E-state index < -0.39 is 23.8 Å². The zero-order valence-electron chi connectivity index (χ0n) is 12.1. The Morgan fingerprint density at radius 1 is 1.48 bits per heavy atom. The van der Waals surface area contributed by atoms with Crippen molar-refractivity contribution in [1.29, 1.82) is 0 Å². The fourth-order valence-corrected chi connectivity index (χ4v) is 1.97. The highest BCUT2D eigenvalue weighted by Gasteiger charge is 2.24. The Balaban J connectivity index is 3.37. The number of ether oxygens (including phenoxy) is 2. The predicted molar refractivity (Wildman–Crippen MR) is 73.0 cm³/mol. The van der Waals surface area contributed by atoms with Gasteiger partial charge in [-0.3, -0.25) is 4.79 Å². The highest BCUT2D eigenvalue weighted by molar-refractivity contribution is 5.92. The van der Waals surface area contributed by atoms with Gasteiger partial charge in [-0.2, -0.15) is 0 Å². The molecule has 1 unspecified atom stereocenters. The smallest absolute Gasteiger partial charge is 0.338 e. The summed E-state index contributed by atoms with van der Waals surface area (Å²) in [6.45, 7) is 3.35. The Bertz CT molecular complexity index is 559. The van der Waals surface area contributed by atoms with E-state index in [1.165, 1.54) is 7.11 Å². The molecule has 0 aliphatic heterocycles. The summed E-state index contributed by atoms with van der Waals surface area (Å²) < 4.78 is 23.8. The number of methoxy groups -OCH3 is 1. The number of carbonyl (C=O) groups is 2. The lowest BCUT2D eigenvalue weighted by Gasteiger charge is -2.17. The van der Waals surface area contributed by atoms with Crippen molar-refractivity contribution in [2.75, 3.05) is 13.7 Å². The summed E-state index contributed by atoms with van der Waals surface area (Å²) in [4.78, 5) is 22.7. The molecular weight excluding hydrogens is 281 g/mol. The molecule has 1 aromatic carbocycles. The number of carbonyl (C=O) groups excluding carboxylic acids is 1. The topological polar surface area (TPSA) is 98.9 Å². The van der Waals surface area contributed by atoms with E-state index >= 15 is 0 Å². The largest absolute Gasteiger partial charge is 0.493 e. The molecule has 0 aliphatic carbocycles. The minimum absolute atomic E-state index is 0.0303. The average Bonchev–Trinajstić information content (AvgIpc) is 2.42. The van der Waals surface area contributed by atoms with Crippen LogP contribution in [0.2, 0.25) is 0 Å². The van der Waals surface area contributed by atoms with E-state index in [0.29, 0.717) is 5.56 Å². The number of esters is 1. The van der Waals surface area contributed by atoms with Crippen LogP contribution in [0.5, 0.6) is 5.75 Å². The summed E-state index contributed by atoms with van der Waals surface area (Å²) in [6.07, 6.45) is -0.158. The van der Waals surface area contributed by atoms with Crippen LogP contribution in [-0.4, -0.2) is 36.8 Å². The molecule has 116 valence electrons. The molecule has 7 heteroatoms. The van der Waals surface area contributed by atoms with E-state index in [1.807, 2.05) is 0 Å². The first kappa shape index (κ1) is 16.9. The van der Waals surface area contributed by atoms with E-state index in [9.17, 15) is 14.0 Å². The highest BCUT2D eigenvalue weighted by atomic mass is 19.1. The fourth-order valence-electron chi connectivity index (χ4n) is 1.97. The minimum atomic E-state index is -1.23. The summed E-state index contributed by atoms with van der Waals surface area (Å²) in [5.41, 5.74) is 6.15. The molecule has 1 rings (SSSR count). The Labute approximate surface area is 121 Å². The number of carboxylic acid groups (broad SMARTS) is 1. The van der Waals surface area contributed by atoms with Crippen molar-refractivity contribution < 1.29 is 28.6 Å². The normalized spacial score (nSPS) is 11.9. The molecule has 0 amide bonds. The molecule has 0 bridgehead atoms. The van der Waals surface area contributed by atoms with Crippen molar-refractivity contribution in [3.63, 3.8) is 0 Å². The second kappa shape index (κ2) is 7.03. The first-order valence-electron chi connectivity index (χ1n) is 6.34. The van der Waals surface area contributed by atoms with Gasteiger partial charge in [-0.25, -0.2) is 9.18 Å². The van der Waals surface area contributed by atoms with Gasteiger partial charge in [-0.1, -0.05) is 0 Å². The molecule has 21 heavy (non-hydrogen) atoms. The molecule has 0 heterocycles. The van der Waals surface area contributed by atoms with Gasteiger partial charge in [0.15, 0.2) is 11.6 Å². The number of halogens is 1. The van der Waals surface area contributed by atoms with Crippen LogP contribution in [0.4, 0.5) is 4.39 Å². The van der Waals surface area contributed by atoms with E-state index in [2.05, 4.69) is 0 Å². The van der Waals surface area contributed by atoms with Gasteiger partial charge in [0.2, 0.25) is 0 Å². The number of hydrogen-bond donors (Lipinski definition) is 2. The SMILES string of the molecule is CCOC(=O)c1cc(F)c(OC)c(CC(N)C(=O)O)c1C. The number of carboxylic acids is 1. The first-order valence-corrected chi connectivity index (χ1v) is 6.34. The van der Waals surface area contributed by atoms with Gasteiger partial charge in [0.1, 0.15) is 6.04 Å². The second-order valence-electron chi connectivity index (χ2n) is 4.41. The van der Waals surface area contributed by atoms with Crippen LogP contribution in [-0.2, 0) is 16.0 Å². The molecule has 0 radical (unpaired) electrons. The van der Waals surface area contributed by atoms with Gasteiger partial charge >= 0.3 is 11.9 Å². The minimum Gasteiger partial charge on any atom is -0.493 e. The third kappa shape index (κ3) is 3.69. The number of aliphatic carboxylic acids is 1. The van der Waals surface area contributed by atoms with Crippen molar-refractivity contribution in [3.8, 4) is 5.75 Å². The number of rotatable bonds is 6. The zero-order valence-corrected chi connectivity index (χ0v) is 12.1. The quantitative estimate of drug-likeness (QED) is 0.768. The van der Waals surface area contributed by atoms with E-state index in [1.54, 1.807) is 13.8 Å². The lowest BCUT2D eigenvalue weighted by atomic mass is 9.95. The van der Waals surface area contributed by atoms with Crippen LogP contribution < -0.4 is 10.5 Å². The third-order valence-electron chi connectivity index (χ3n) is 3.06. The molecule has 0 fully saturated rings. The maximum Gasteiger partial charge on any atom is 0.338 e. The Hall–Kier alpha value is -2.15. The monoisotopic (exact) mass is 299 g/mol. The van der Waals surface area contributed by atoms with Crippen LogP contribution >= 0.6 is 0 Å². The summed E-state index contributed by atoms with van der Waals surface area (Å²) >= 11 is 0. The first-order chi connectivity index (χ1) is 9.83. The molecule has 6 nitrogen and oxygen atoms in total. The average molecular weight is 299 g/mol. The van der Waals surface area contributed by atoms with E-state index in [0.717, 1.165) is 6.07 Å². The van der Waals surface area contributed by atoms with Gasteiger partial charge in [0.25, 0.3) is 0 Å². The van der Waals surface area contributed by atoms with Crippen LogP contribution in [0.25, 0.3) is 0 Å². The molecule has 0 spiro atoms. The lowest BCUT2D eigenvalue weighted by Crippen LogP contribution is -2.33. The lowest BCUT2D eigenvalue weighted by molar-refractivity contribution is -0.138. The van der Waals surface area contributed by atoms with Gasteiger partial charge in [-0.15, -0.1) is 0 Å². The maximum absolute atomic E-state index is 14.0. The second-order valence-corrected chi connectivity index (χ2v) is 4.41. The molecule has 1 atom stereocenters. The van der Waals surface area contributed by atoms with Crippen LogP contribution in [0, 0.1) is 12.7 Å². The van der Waals surface area contributed by atoms with Crippen molar-refractivity contribution in [1.82, 2.24) is 0 Å². The molecule has 0 saturated heterocycles.